The highest BCUT2D eigenvalue weighted by atomic mass is 32.2. The lowest BCUT2D eigenvalue weighted by molar-refractivity contribution is -0.131. The van der Waals surface area contributed by atoms with Crippen LogP contribution in [0.25, 0.3) is 0 Å². The molecule has 2 aliphatic rings. The summed E-state index contributed by atoms with van der Waals surface area (Å²) in [7, 11) is -3.77. The quantitative estimate of drug-likeness (QED) is 0.731. The molecule has 0 unspecified atom stereocenters. The van der Waals surface area contributed by atoms with Gasteiger partial charge in [-0.25, -0.2) is 8.42 Å². The van der Waals surface area contributed by atoms with Crippen LogP contribution in [0.3, 0.4) is 0 Å². The molecule has 0 N–H and O–H groups in total. The maximum Gasteiger partial charge on any atom is 0.244 e. The molecule has 0 aliphatic carbocycles. The highest BCUT2D eigenvalue weighted by Crippen LogP contribution is 2.30. The number of sulfonamides is 1. The largest absolute Gasteiger partial charge is 0.359 e. The summed E-state index contributed by atoms with van der Waals surface area (Å²) >= 11 is 0. The molecule has 2 aromatic carbocycles. The number of hydrogen-bond acceptors (Lipinski definition) is 5. The van der Waals surface area contributed by atoms with Crippen LogP contribution in [-0.4, -0.2) is 62.3 Å². The van der Waals surface area contributed by atoms with Gasteiger partial charge in [-0.15, -0.1) is 0 Å². The van der Waals surface area contributed by atoms with E-state index < -0.39 is 10.0 Å². The summed E-state index contributed by atoms with van der Waals surface area (Å²) in [6, 6.07) is 16.7. The minimum Gasteiger partial charge on any atom is -0.359 e. The van der Waals surface area contributed by atoms with Crippen LogP contribution in [0.2, 0.25) is 0 Å². The third-order valence-electron chi connectivity index (χ3n) is 6.19. The fraction of sp³-hybridized carbons (Fsp3) is 0.391. The van der Waals surface area contributed by atoms with Crippen molar-refractivity contribution in [2.24, 2.45) is 0 Å². The summed E-state index contributed by atoms with van der Waals surface area (Å²) in [5.41, 5.74) is 2.52. The van der Waals surface area contributed by atoms with E-state index >= 15 is 0 Å². The van der Waals surface area contributed by atoms with Crippen molar-refractivity contribution >= 4 is 21.6 Å². The van der Waals surface area contributed by atoms with Gasteiger partial charge in [0.15, 0.2) is 0 Å². The van der Waals surface area contributed by atoms with E-state index in [9.17, 15) is 18.5 Å². The number of anilines is 1. The first kappa shape index (κ1) is 21.3. The zero-order valence-corrected chi connectivity index (χ0v) is 18.4. The Morgan fingerprint density at radius 2 is 1.74 bits per heavy atom. The van der Waals surface area contributed by atoms with Gasteiger partial charge in [0, 0.05) is 37.9 Å². The Labute approximate surface area is 183 Å². The maximum absolute atomic E-state index is 13.0. The molecule has 0 saturated carbocycles. The molecule has 4 rings (SSSR count). The van der Waals surface area contributed by atoms with Crippen molar-refractivity contribution in [2.75, 3.05) is 37.6 Å². The number of para-hydroxylation sites is 1. The number of nitriles is 1. The van der Waals surface area contributed by atoms with Crippen LogP contribution in [-0.2, 0) is 21.2 Å². The Bertz CT molecular complexity index is 1120. The highest BCUT2D eigenvalue weighted by Gasteiger charge is 2.33. The number of hydrogen-bond donors (Lipinski definition) is 0. The Hall–Kier alpha value is -2.89. The van der Waals surface area contributed by atoms with Crippen LogP contribution in [0.15, 0.2) is 53.4 Å². The molecular formula is C23H26N4O3S. The number of benzene rings is 2. The third kappa shape index (κ3) is 4.16. The number of carbonyl (C=O) groups excluding carboxylic acids is 1. The number of rotatable bonds is 4. The fourth-order valence-electron chi connectivity index (χ4n) is 4.35. The van der Waals surface area contributed by atoms with Gasteiger partial charge in [0.1, 0.15) is 6.07 Å². The molecule has 0 radical (unpaired) electrons. The molecule has 31 heavy (non-hydrogen) atoms. The van der Waals surface area contributed by atoms with Crippen molar-refractivity contribution in [1.82, 2.24) is 9.21 Å². The molecule has 2 aromatic rings. The number of fused-ring (bicyclic) bond motifs is 1. The number of aryl methyl sites for hydroxylation is 1. The van der Waals surface area contributed by atoms with E-state index in [1.807, 2.05) is 18.2 Å². The van der Waals surface area contributed by atoms with Gasteiger partial charge in [0.25, 0.3) is 0 Å². The van der Waals surface area contributed by atoms with Gasteiger partial charge in [0.2, 0.25) is 15.9 Å². The molecule has 8 heteroatoms. The first-order chi connectivity index (χ1) is 14.9. The molecule has 1 atom stereocenters. The van der Waals surface area contributed by atoms with E-state index in [4.69, 9.17) is 0 Å². The predicted molar refractivity (Wildman–Crippen MR) is 118 cm³/mol. The van der Waals surface area contributed by atoms with E-state index in [0.717, 1.165) is 18.5 Å². The Morgan fingerprint density at radius 1 is 1.06 bits per heavy atom. The van der Waals surface area contributed by atoms with Crippen molar-refractivity contribution in [2.45, 2.75) is 30.7 Å². The topological polar surface area (TPSA) is 84.7 Å². The zero-order valence-electron chi connectivity index (χ0n) is 17.6. The molecular weight excluding hydrogens is 412 g/mol. The molecule has 0 spiro atoms. The minimum absolute atomic E-state index is 0.0121. The molecule has 1 amide bonds. The Balaban J connectivity index is 1.42. The predicted octanol–water partition coefficient (Wildman–Crippen LogP) is 2.23. The second-order valence-corrected chi connectivity index (χ2v) is 9.94. The van der Waals surface area contributed by atoms with Gasteiger partial charge in [-0.05, 0) is 43.5 Å². The van der Waals surface area contributed by atoms with E-state index in [1.54, 1.807) is 17.0 Å². The summed E-state index contributed by atoms with van der Waals surface area (Å²) < 4.78 is 27.4. The second-order valence-electron chi connectivity index (χ2n) is 8.04. The van der Waals surface area contributed by atoms with Gasteiger partial charge in [0.05, 0.1) is 17.0 Å². The van der Waals surface area contributed by atoms with Gasteiger partial charge >= 0.3 is 0 Å². The average molecular weight is 439 g/mol. The second kappa shape index (κ2) is 8.69. The molecule has 0 bridgehead atoms. The van der Waals surface area contributed by atoms with Crippen molar-refractivity contribution in [3.05, 3.63) is 59.7 Å². The summed E-state index contributed by atoms with van der Waals surface area (Å²) in [5, 5.41) is 9.25. The summed E-state index contributed by atoms with van der Waals surface area (Å²) in [5.74, 6) is 0.0121. The zero-order chi connectivity index (χ0) is 22.0. The molecule has 162 valence electrons. The molecule has 2 aliphatic heterocycles. The molecule has 0 aromatic heterocycles. The molecule has 7 nitrogen and oxygen atoms in total. The minimum atomic E-state index is -3.77. The lowest BCUT2D eigenvalue weighted by Crippen LogP contribution is -2.53. The fourth-order valence-corrected chi connectivity index (χ4v) is 5.91. The van der Waals surface area contributed by atoms with Gasteiger partial charge in [-0.2, -0.15) is 9.57 Å². The Kier molecular flexibility index (Phi) is 5.99. The molecule has 1 fully saturated rings. The molecule has 2 heterocycles. The average Bonchev–Trinajstić information content (AvgIpc) is 2.81. The van der Waals surface area contributed by atoms with Gasteiger partial charge in [-0.1, -0.05) is 30.3 Å². The highest BCUT2D eigenvalue weighted by molar-refractivity contribution is 7.89. The first-order valence-electron chi connectivity index (χ1n) is 10.5. The van der Waals surface area contributed by atoms with Crippen molar-refractivity contribution in [1.29, 1.82) is 5.26 Å². The van der Waals surface area contributed by atoms with E-state index in [0.29, 0.717) is 19.6 Å². The Morgan fingerprint density at radius 3 is 2.48 bits per heavy atom. The van der Waals surface area contributed by atoms with E-state index in [1.165, 1.54) is 22.0 Å². The summed E-state index contributed by atoms with van der Waals surface area (Å²) in [4.78, 5) is 16.9. The first-order valence-corrected chi connectivity index (χ1v) is 12.0. The number of carbonyl (C=O) groups is 1. The monoisotopic (exact) mass is 438 g/mol. The van der Waals surface area contributed by atoms with Crippen LogP contribution in [0.5, 0.6) is 0 Å². The number of piperazine rings is 1. The van der Waals surface area contributed by atoms with Crippen LogP contribution in [0.4, 0.5) is 5.69 Å². The van der Waals surface area contributed by atoms with Crippen LogP contribution in [0.1, 0.15) is 24.5 Å². The SMILES string of the molecule is C[C@@H]1CCc2ccccc2N1CC(=O)N1CCN(S(=O)(=O)c2ccccc2C#N)CC1. The third-order valence-corrected chi connectivity index (χ3v) is 8.14. The van der Waals surface area contributed by atoms with Crippen LogP contribution in [0, 0.1) is 11.3 Å². The number of amides is 1. The lowest BCUT2D eigenvalue weighted by atomic mass is 9.96. The van der Waals surface area contributed by atoms with E-state index in [2.05, 4.69) is 24.0 Å². The van der Waals surface area contributed by atoms with Crippen LogP contribution >= 0.6 is 0 Å². The smallest absolute Gasteiger partial charge is 0.244 e. The van der Waals surface area contributed by atoms with Crippen molar-refractivity contribution in [3.63, 3.8) is 0 Å². The standard InChI is InChI=1S/C23H26N4O3S/c1-18-10-11-19-6-2-4-8-21(19)27(18)17-23(28)25-12-14-26(15-13-25)31(29,30)22-9-5-3-7-20(22)16-24/h2-9,18H,10-15,17H2,1H3/t18-/m1/s1. The van der Waals surface area contributed by atoms with E-state index in [-0.39, 0.29) is 35.5 Å². The van der Waals surface area contributed by atoms with Crippen molar-refractivity contribution in [3.8, 4) is 6.07 Å². The number of nitrogens with zero attached hydrogens (tertiary/aromatic N) is 4. The maximum atomic E-state index is 13.0. The van der Waals surface area contributed by atoms with Crippen molar-refractivity contribution < 1.29 is 13.2 Å². The van der Waals surface area contributed by atoms with Gasteiger partial charge < -0.3 is 9.80 Å². The lowest BCUT2D eigenvalue weighted by Gasteiger charge is -2.39. The van der Waals surface area contributed by atoms with Crippen LogP contribution < -0.4 is 4.90 Å². The summed E-state index contributed by atoms with van der Waals surface area (Å²) in [6.07, 6.45) is 2.03. The summed E-state index contributed by atoms with van der Waals surface area (Å²) in [6.45, 7) is 3.57. The normalized spacial score (nSPS) is 19.5. The molecule has 1 saturated heterocycles. The van der Waals surface area contributed by atoms with Gasteiger partial charge in [-0.3, -0.25) is 4.79 Å².